The lowest BCUT2D eigenvalue weighted by Gasteiger charge is -2.15. The van der Waals surface area contributed by atoms with Crippen molar-refractivity contribution in [2.75, 3.05) is 0 Å². The Morgan fingerprint density at radius 2 is 1.07 bits per heavy atom. The molecule has 0 aliphatic rings. The number of aliphatic imine (C=N–C) groups is 1. The second-order valence-corrected chi connectivity index (χ2v) is 11.3. The van der Waals surface area contributed by atoms with Gasteiger partial charge in [-0.15, -0.1) is 0 Å². The Balaban J connectivity index is 1.23. The zero-order valence-corrected chi connectivity index (χ0v) is 24.8. The van der Waals surface area contributed by atoms with Crippen molar-refractivity contribution in [2.45, 2.75) is 20.8 Å². The van der Waals surface area contributed by atoms with Crippen LogP contribution in [-0.2, 0) is 0 Å². The molecule has 0 aliphatic carbocycles. The standard InChI is InChI=1S/C42H33N/c1-28-12-4-11-19-42(28)43-30(3)36-14-7-8-16-38(36)35-25-24-33(26-29(35)2)31-20-22-32(23-21-31)41-27-34-13-5-6-15-37(34)39-17-9-10-18-40(39)41/h4-27H,1-3H3. The number of hydrogen-bond acceptors (Lipinski definition) is 1. The van der Waals surface area contributed by atoms with Crippen LogP contribution in [0, 0.1) is 13.8 Å². The van der Waals surface area contributed by atoms with Crippen molar-refractivity contribution in [3.8, 4) is 33.4 Å². The van der Waals surface area contributed by atoms with Crippen LogP contribution in [0.1, 0.15) is 23.6 Å². The van der Waals surface area contributed by atoms with Gasteiger partial charge in [-0.05, 0) is 99.0 Å². The summed E-state index contributed by atoms with van der Waals surface area (Å²) in [6.07, 6.45) is 0. The molecule has 0 aliphatic heterocycles. The van der Waals surface area contributed by atoms with E-state index in [1.54, 1.807) is 0 Å². The molecule has 0 bridgehead atoms. The van der Waals surface area contributed by atoms with E-state index in [-0.39, 0.29) is 0 Å². The molecule has 0 spiro atoms. The molecule has 0 saturated carbocycles. The minimum Gasteiger partial charge on any atom is -0.253 e. The summed E-state index contributed by atoms with van der Waals surface area (Å²) < 4.78 is 0. The van der Waals surface area contributed by atoms with Crippen LogP contribution in [0.3, 0.4) is 0 Å². The number of aryl methyl sites for hydroxylation is 2. The number of fused-ring (bicyclic) bond motifs is 3. The Hall–Kier alpha value is -5.27. The molecule has 206 valence electrons. The van der Waals surface area contributed by atoms with E-state index in [4.69, 9.17) is 4.99 Å². The normalized spacial score (nSPS) is 11.7. The summed E-state index contributed by atoms with van der Waals surface area (Å²) in [5.41, 5.74) is 13.0. The van der Waals surface area contributed by atoms with Gasteiger partial charge in [-0.1, -0.05) is 133 Å². The summed E-state index contributed by atoms with van der Waals surface area (Å²) in [4.78, 5) is 5.00. The van der Waals surface area contributed by atoms with Gasteiger partial charge in [0.15, 0.2) is 0 Å². The highest BCUT2D eigenvalue weighted by atomic mass is 14.7. The van der Waals surface area contributed by atoms with E-state index in [0.717, 1.165) is 17.0 Å². The van der Waals surface area contributed by atoms with E-state index in [9.17, 15) is 0 Å². The third-order valence-corrected chi connectivity index (χ3v) is 8.53. The molecule has 1 nitrogen and oxygen atoms in total. The highest BCUT2D eigenvalue weighted by Crippen LogP contribution is 2.37. The third kappa shape index (κ3) is 5.04. The maximum absolute atomic E-state index is 5.00. The van der Waals surface area contributed by atoms with Gasteiger partial charge in [-0.25, -0.2) is 0 Å². The number of benzene rings is 7. The Morgan fingerprint density at radius 1 is 0.442 bits per heavy atom. The molecule has 7 aromatic rings. The van der Waals surface area contributed by atoms with E-state index in [1.807, 2.05) is 6.07 Å². The van der Waals surface area contributed by atoms with Crippen molar-refractivity contribution < 1.29 is 0 Å². The van der Waals surface area contributed by atoms with E-state index in [1.165, 1.54) is 66.1 Å². The van der Waals surface area contributed by atoms with Gasteiger partial charge >= 0.3 is 0 Å². The van der Waals surface area contributed by atoms with Crippen LogP contribution < -0.4 is 0 Å². The van der Waals surface area contributed by atoms with Crippen LogP contribution in [0.5, 0.6) is 0 Å². The summed E-state index contributed by atoms with van der Waals surface area (Å²) in [5.74, 6) is 0. The van der Waals surface area contributed by atoms with Gasteiger partial charge < -0.3 is 0 Å². The lowest BCUT2D eigenvalue weighted by Crippen LogP contribution is -1.99. The van der Waals surface area contributed by atoms with Gasteiger partial charge in [0.2, 0.25) is 0 Å². The second-order valence-electron chi connectivity index (χ2n) is 11.3. The van der Waals surface area contributed by atoms with Crippen LogP contribution >= 0.6 is 0 Å². The minimum absolute atomic E-state index is 1.02. The molecular weight excluding hydrogens is 518 g/mol. The first-order valence-corrected chi connectivity index (χ1v) is 14.9. The topological polar surface area (TPSA) is 12.4 Å². The predicted molar refractivity (Wildman–Crippen MR) is 186 cm³/mol. The first kappa shape index (κ1) is 26.6. The Kier molecular flexibility index (Phi) is 6.93. The molecule has 0 heterocycles. The van der Waals surface area contributed by atoms with Crippen molar-refractivity contribution in [1.82, 2.24) is 0 Å². The summed E-state index contributed by atoms with van der Waals surface area (Å²) in [7, 11) is 0. The minimum atomic E-state index is 1.02. The monoisotopic (exact) mass is 551 g/mol. The van der Waals surface area contributed by atoms with E-state index >= 15 is 0 Å². The van der Waals surface area contributed by atoms with Crippen molar-refractivity contribution in [3.63, 3.8) is 0 Å². The smallest absolute Gasteiger partial charge is 0.0662 e. The molecule has 0 unspecified atom stereocenters. The van der Waals surface area contributed by atoms with Gasteiger partial charge in [0, 0.05) is 11.3 Å². The summed E-state index contributed by atoms with van der Waals surface area (Å²) in [6, 6.07) is 52.4. The molecule has 0 atom stereocenters. The molecule has 0 amide bonds. The van der Waals surface area contributed by atoms with Crippen LogP contribution in [-0.4, -0.2) is 5.71 Å². The third-order valence-electron chi connectivity index (χ3n) is 8.53. The summed E-state index contributed by atoms with van der Waals surface area (Å²) in [6.45, 7) is 6.42. The highest BCUT2D eigenvalue weighted by Gasteiger charge is 2.12. The second kappa shape index (κ2) is 11.2. The van der Waals surface area contributed by atoms with Crippen molar-refractivity contribution in [2.24, 2.45) is 4.99 Å². The Bertz CT molecular complexity index is 2150. The van der Waals surface area contributed by atoms with Crippen molar-refractivity contribution in [1.29, 1.82) is 0 Å². The molecule has 1 heteroatoms. The fourth-order valence-corrected chi connectivity index (χ4v) is 6.24. The van der Waals surface area contributed by atoms with Crippen molar-refractivity contribution >= 4 is 32.9 Å². The Labute approximate surface area is 253 Å². The van der Waals surface area contributed by atoms with Gasteiger partial charge in [0.25, 0.3) is 0 Å². The largest absolute Gasteiger partial charge is 0.253 e. The number of rotatable bonds is 5. The SMILES string of the molecule is CC(=Nc1ccccc1C)c1ccccc1-c1ccc(-c2ccc(-c3cc4ccccc4c4ccccc34)cc2)cc1C. The Morgan fingerprint density at radius 3 is 1.86 bits per heavy atom. The van der Waals surface area contributed by atoms with Crippen molar-refractivity contribution in [3.05, 3.63) is 162 Å². The molecule has 0 aromatic heterocycles. The van der Waals surface area contributed by atoms with Gasteiger partial charge in [-0.3, -0.25) is 4.99 Å². The number of para-hydroxylation sites is 1. The zero-order chi connectivity index (χ0) is 29.3. The fourth-order valence-electron chi connectivity index (χ4n) is 6.24. The van der Waals surface area contributed by atoms with E-state index in [2.05, 4.69) is 160 Å². The molecule has 7 rings (SSSR count). The quantitative estimate of drug-likeness (QED) is 0.149. The average molecular weight is 552 g/mol. The van der Waals surface area contributed by atoms with Crippen LogP contribution in [0.15, 0.2) is 151 Å². The lowest BCUT2D eigenvalue weighted by atomic mass is 9.90. The summed E-state index contributed by atoms with van der Waals surface area (Å²) >= 11 is 0. The molecule has 0 saturated heterocycles. The lowest BCUT2D eigenvalue weighted by molar-refractivity contribution is 1.38. The molecule has 0 radical (unpaired) electrons. The maximum atomic E-state index is 5.00. The molecule has 0 fully saturated rings. The highest BCUT2D eigenvalue weighted by molar-refractivity contribution is 6.13. The predicted octanol–water partition coefficient (Wildman–Crippen LogP) is 11.8. The van der Waals surface area contributed by atoms with Crippen LogP contribution in [0.2, 0.25) is 0 Å². The average Bonchev–Trinajstić information content (AvgIpc) is 3.05. The van der Waals surface area contributed by atoms with Gasteiger partial charge in [0.1, 0.15) is 0 Å². The fraction of sp³-hybridized carbons (Fsp3) is 0.0714. The maximum Gasteiger partial charge on any atom is 0.0662 e. The molecule has 0 N–H and O–H groups in total. The number of nitrogens with zero attached hydrogens (tertiary/aromatic N) is 1. The van der Waals surface area contributed by atoms with Gasteiger partial charge in [-0.2, -0.15) is 0 Å². The first-order valence-electron chi connectivity index (χ1n) is 14.9. The number of hydrogen-bond donors (Lipinski definition) is 0. The molecule has 43 heavy (non-hydrogen) atoms. The van der Waals surface area contributed by atoms with Crippen LogP contribution in [0.4, 0.5) is 5.69 Å². The molecule has 7 aromatic carbocycles. The molecular formula is C42H33N. The first-order chi connectivity index (χ1) is 21.1. The zero-order valence-electron chi connectivity index (χ0n) is 24.8. The van der Waals surface area contributed by atoms with E-state index < -0.39 is 0 Å². The van der Waals surface area contributed by atoms with Crippen LogP contribution in [0.25, 0.3) is 54.9 Å². The summed E-state index contributed by atoms with van der Waals surface area (Å²) in [5, 5.41) is 5.15. The van der Waals surface area contributed by atoms with E-state index in [0.29, 0.717) is 0 Å². The van der Waals surface area contributed by atoms with Gasteiger partial charge in [0.05, 0.1) is 5.69 Å².